The largest absolute Gasteiger partial charge is 0.496 e. The molecule has 0 radical (unpaired) electrons. The Morgan fingerprint density at radius 3 is 2.42 bits per heavy atom. The third kappa shape index (κ3) is 7.73. The summed E-state index contributed by atoms with van der Waals surface area (Å²) in [5.41, 5.74) is 12.6. The van der Waals surface area contributed by atoms with Gasteiger partial charge < -0.3 is 30.5 Å². The molecule has 67 heavy (non-hydrogen) atoms. The molecular formula is C49H47F2N11O5. The molecule has 0 spiro atoms. The standard InChI is InChI=1S/C49H47F2N11O5/c1-67-41-12-6-30(50)19-34(41)47(64)53-21-27-2-4-28(5-3-27)44-43-45(52)54-26-55-46(43)62(57-44)32-8-10-39(38(51)20-32)60-24-36-35(37(36)25-60)23-58-14-16-59(17-15-58)31-7-9-33-29(18-31)22-61(49(33)66)40-11-13-42(63)56-48(40)65/h2-10,12,18-20,26,35-37,40H,11,13-17,21-25H2,1H3,(H,53,64)(H2,52,54,55)(H,56,63,65)/t35?,36-,37+,40-/m0/s1. The number of imide groups is 1. The minimum atomic E-state index is -0.628. The first-order valence-corrected chi connectivity index (χ1v) is 22.5. The van der Waals surface area contributed by atoms with Gasteiger partial charge in [-0.25, -0.2) is 23.4 Å². The van der Waals surface area contributed by atoms with E-state index in [1.807, 2.05) is 48.5 Å². The minimum Gasteiger partial charge on any atom is -0.496 e. The van der Waals surface area contributed by atoms with Crippen molar-refractivity contribution in [1.29, 1.82) is 0 Å². The van der Waals surface area contributed by atoms with Gasteiger partial charge in [-0.05, 0) is 83.8 Å². The average molecular weight is 908 g/mol. The normalized spacial score (nSPS) is 21.4. The van der Waals surface area contributed by atoms with Gasteiger partial charge in [-0.3, -0.25) is 29.4 Å². The Bertz CT molecular complexity index is 2980. The van der Waals surface area contributed by atoms with E-state index in [0.717, 1.165) is 74.3 Å². The molecule has 342 valence electrons. The van der Waals surface area contributed by atoms with Crippen molar-refractivity contribution in [3.05, 3.63) is 119 Å². The van der Waals surface area contributed by atoms with Crippen molar-refractivity contribution >= 4 is 51.9 Å². The lowest BCUT2D eigenvalue weighted by Gasteiger charge is -2.37. The molecule has 4 aliphatic heterocycles. The van der Waals surface area contributed by atoms with Crippen LogP contribution in [0.25, 0.3) is 28.0 Å². The zero-order chi connectivity index (χ0) is 46.1. The van der Waals surface area contributed by atoms with Crippen LogP contribution >= 0.6 is 0 Å². The zero-order valence-corrected chi connectivity index (χ0v) is 36.6. The number of nitrogen functional groups attached to an aromatic ring is 1. The Morgan fingerprint density at radius 1 is 0.896 bits per heavy atom. The highest BCUT2D eigenvalue weighted by molar-refractivity contribution is 6.05. The number of nitrogens with zero attached hydrogens (tertiary/aromatic N) is 8. The molecule has 6 heterocycles. The van der Waals surface area contributed by atoms with Gasteiger partial charge in [0.2, 0.25) is 11.8 Å². The molecule has 6 aromatic rings. The predicted octanol–water partition coefficient (Wildman–Crippen LogP) is 4.55. The van der Waals surface area contributed by atoms with Gasteiger partial charge in [0, 0.05) is 88.2 Å². The Hall–Kier alpha value is -7.47. The molecule has 1 unspecified atom stereocenters. The number of carbonyl (C=O) groups is 4. The average Bonchev–Trinajstić information content (AvgIpc) is 3.66. The van der Waals surface area contributed by atoms with E-state index in [-0.39, 0.29) is 47.7 Å². The van der Waals surface area contributed by atoms with Crippen LogP contribution in [0.15, 0.2) is 85.2 Å². The van der Waals surface area contributed by atoms with Crippen LogP contribution < -0.4 is 30.9 Å². The number of methoxy groups -OCH3 is 1. The molecule has 4 N–H and O–H groups in total. The Kier molecular flexibility index (Phi) is 10.5. The summed E-state index contributed by atoms with van der Waals surface area (Å²) in [5.74, 6) is -0.127. The molecule has 16 nitrogen and oxygen atoms in total. The number of carbonyl (C=O) groups excluding carboxylic acids is 4. The summed E-state index contributed by atoms with van der Waals surface area (Å²) in [6, 6.07) is 21.6. The molecule has 5 aliphatic rings. The van der Waals surface area contributed by atoms with Gasteiger partial charge in [-0.1, -0.05) is 24.3 Å². The number of aromatic nitrogens is 4. The number of nitrogens with two attached hydrogens (primary N) is 1. The predicted molar refractivity (Wildman–Crippen MR) is 244 cm³/mol. The van der Waals surface area contributed by atoms with Crippen molar-refractivity contribution in [2.45, 2.75) is 32.0 Å². The maximum absolute atomic E-state index is 16.1. The lowest BCUT2D eigenvalue weighted by molar-refractivity contribution is -0.136. The van der Waals surface area contributed by atoms with E-state index in [1.165, 1.54) is 31.6 Å². The second-order valence-electron chi connectivity index (χ2n) is 18.0. The number of piperazine rings is 1. The highest BCUT2D eigenvalue weighted by Gasteiger charge is 2.56. The van der Waals surface area contributed by atoms with E-state index < -0.39 is 23.7 Å². The summed E-state index contributed by atoms with van der Waals surface area (Å²) in [4.78, 5) is 67.5. The smallest absolute Gasteiger partial charge is 0.255 e. The molecule has 1 aliphatic carbocycles. The molecule has 4 fully saturated rings. The van der Waals surface area contributed by atoms with Crippen LogP contribution in [0.3, 0.4) is 0 Å². The third-order valence-electron chi connectivity index (χ3n) is 14.2. The number of piperidine rings is 2. The summed E-state index contributed by atoms with van der Waals surface area (Å²) in [6.07, 6.45) is 1.93. The summed E-state index contributed by atoms with van der Waals surface area (Å²) in [5, 5.41) is 10.6. The molecule has 4 aromatic carbocycles. The van der Waals surface area contributed by atoms with Crippen LogP contribution in [-0.2, 0) is 22.7 Å². The van der Waals surface area contributed by atoms with Crippen molar-refractivity contribution in [3.8, 4) is 22.7 Å². The van der Waals surface area contributed by atoms with E-state index in [2.05, 4.69) is 41.4 Å². The maximum Gasteiger partial charge on any atom is 0.255 e. The van der Waals surface area contributed by atoms with Crippen LogP contribution in [0.2, 0.25) is 0 Å². The number of anilines is 3. The van der Waals surface area contributed by atoms with Crippen LogP contribution in [0.1, 0.15) is 44.7 Å². The number of halogens is 2. The van der Waals surface area contributed by atoms with Crippen molar-refractivity contribution in [3.63, 3.8) is 0 Å². The molecule has 4 amide bonds. The summed E-state index contributed by atoms with van der Waals surface area (Å²) in [7, 11) is 1.42. The van der Waals surface area contributed by atoms with E-state index in [0.29, 0.717) is 64.4 Å². The van der Waals surface area contributed by atoms with Gasteiger partial charge in [0.1, 0.15) is 41.3 Å². The molecule has 4 atom stereocenters. The highest BCUT2D eigenvalue weighted by Crippen LogP contribution is 2.53. The fraction of sp³-hybridized carbons (Fsp3) is 0.327. The number of benzene rings is 4. The Labute approximate surface area is 383 Å². The highest BCUT2D eigenvalue weighted by atomic mass is 19.1. The Balaban J connectivity index is 0.698. The SMILES string of the molecule is COc1ccc(F)cc1C(=O)NCc1ccc(-c2nn(-c3ccc(N4C[C@@H]5C(CN6CCN(c7ccc8c(c7)CN([C@H]7CCC(=O)NC7=O)C8=O)CC6)[C@@H]5C4)c(F)c3)c3ncnc(N)c23)cc1. The number of amides is 4. The van der Waals surface area contributed by atoms with E-state index in [4.69, 9.17) is 15.6 Å². The van der Waals surface area contributed by atoms with Crippen molar-refractivity contribution < 1.29 is 32.7 Å². The van der Waals surface area contributed by atoms with Crippen molar-refractivity contribution in [2.24, 2.45) is 17.8 Å². The molecule has 3 saturated heterocycles. The first kappa shape index (κ1) is 42.2. The van der Waals surface area contributed by atoms with Crippen molar-refractivity contribution in [2.75, 3.05) is 68.5 Å². The second-order valence-corrected chi connectivity index (χ2v) is 18.0. The van der Waals surface area contributed by atoms with Gasteiger partial charge in [-0.15, -0.1) is 0 Å². The topological polar surface area (TPSA) is 184 Å². The molecule has 11 rings (SSSR count). The van der Waals surface area contributed by atoms with E-state index in [1.54, 1.807) is 9.58 Å². The van der Waals surface area contributed by atoms with Crippen LogP contribution in [-0.4, -0.2) is 112 Å². The molecule has 0 bridgehead atoms. The first-order valence-electron chi connectivity index (χ1n) is 22.5. The Morgan fingerprint density at radius 2 is 1.67 bits per heavy atom. The summed E-state index contributed by atoms with van der Waals surface area (Å²) < 4.78 is 36.8. The fourth-order valence-electron chi connectivity index (χ4n) is 10.5. The maximum atomic E-state index is 16.1. The van der Waals surface area contributed by atoms with Gasteiger partial charge in [-0.2, -0.15) is 5.10 Å². The molecule has 2 aromatic heterocycles. The first-order chi connectivity index (χ1) is 32.5. The van der Waals surface area contributed by atoms with Crippen molar-refractivity contribution in [1.82, 2.24) is 40.2 Å². The number of rotatable bonds is 11. The number of nitrogens with one attached hydrogen (secondary N) is 2. The third-order valence-corrected chi connectivity index (χ3v) is 14.2. The monoisotopic (exact) mass is 907 g/mol. The van der Waals surface area contributed by atoms with Gasteiger partial charge >= 0.3 is 0 Å². The minimum absolute atomic E-state index is 0.0974. The van der Waals surface area contributed by atoms with Gasteiger partial charge in [0.25, 0.3) is 11.8 Å². The molecular weight excluding hydrogens is 861 g/mol. The lowest BCUT2D eigenvalue weighted by atomic mass is 10.0. The van der Waals surface area contributed by atoms with Gasteiger partial charge in [0.15, 0.2) is 5.65 Å². The number of hydrogen-bond acceptors (Lipinski definition) is 12. The summed E-state index contributed by atoms with van der Waals surface area (Å²) >= 11 is 0. The van der Waals surface area contributed by atoms with Crippen LogP contribution in [0.5, 0.6) is 5.75 Å². The van der Waals surface area contributed by atoms with Crippen LogP contribution in [0, 0.1) is 29.4 Å². The van der Waals surface area contributed by atoms with Gasteiger partial charge in [0.05, 0.1) is 29.4 Å². The number of fused-ring (bicyclic) bond motifs is 3. The second kappa shape index (κ2) is 16.8. The summed E-state index contributed by atoms with van der Waals surface area (Å²) in [6.45, 7) is 6.74. The quantitative estimate of drug-likeness (QED) is 0.155. The lowest BCUT2D eigenvalue weighted by Crippen LogP contribution is -2.52. The fourth-order valence-corrected chi connectivity index (χ4v) is 10.5. The number of hydrogen-bond donors (Lipinski definition) is 3. The van der Waals surface area contributed by atoms with E-state index >= 15 is 4.39 Å². The number of ether oxygens (including phenoxy) is 1. The van der Waals surface area contributed by atoms with Crippen LogP contribution in [0.4, 0.5) is 26.0 Å². The molecule has 1 saturated carbocycles. The zero-order valence-electron chi connectivity index (χ0n) is 36.6. The molecule has 18 heteroatoms. The van der Waals surface area contributed by atoms with E-state index in [9.17, 15) is 23.6 Å².